The third-order valence-corrected chi connectivity index (χ3v) is 7.44. The van der Waals surface area contributed by atoms with Gasteiger partial charge in [-0.2, -0.15) is 5.10 Å². The zero-order valence-electron chi connectivity index (χ0n) is 19.0. The molecule has 12 heteroatoms. The van der Waals surface area contributed by atoms with E-state index in [-0.39, 0.29) is 46.7 Å². The van der Waals surface area contributed by atoms with Crippen molar-refractivity contribution < 1.29 is 27.5 Å². The quantitative estimate of drug-likeness (QED) is 0.455. The van der Waals surface area contributed by atoms with E-state index in [0.717, 1.165) is 5.56 Å². The Labute approximate surface area is 207 Å². The molecule has 3 aromatic rings. The summed E-state index contributed by atoms with van der Waals surface area (Å²) in [6, 6.07) is 10.8. The molecule has 0 atom stereocenters. The highest BCUT2D eigenvalue weighted by molar-refractivity contribution is 7.93. The van der Waals surface area contributed by atoms with Crippen molar-refractivity contribution >= 4 is 45.0 Å². The lowest BCUT2D eigenvalue weighted by Crippen LogP contribution is -2.29. The molecule has 0 fully saturated rings. The van der Waals surface area contributed by atoms with E-state index in [4.69, 9.17) is 21.1 Å². The zero-order valence-corrected chi connectivity index (χ0v) is 20.6. The molecule has 1 aromatic heterocycles. The van der Waals surface area contributed by atoms with Crippen LogP contribution in [-0.2, 0) is 32.5 Å². The molecule has 0 bridgehead atoms. The van der Waals surface area contributed by atoms with Crippen molar-refractivity contribution in [2.75, 3.05) is 29.9 Å². The maximum Gasteiger partial charge on any atom is 0.327 e. The highest BCUT2D eigenvalue weighted by atomic mass is 35.5. The number of anilines is 2. The van der Waals surface area contributed by atoms with Gasteiger partial charge in [0.05, 0.1) is 19.4 Å². The van der Waals surface area contributed by atoms with Crippen molar-refractivity contribution in [2.45, 2.75) is 24.8 Å². The zero-order chi connectivity index (χ0) is 25.2. The third-order valence-electron chi connectivity index (χ3n) is 5.37. The van der Waals surface area contributed by atoms with Gasteiger partial charge in [-0.15, -0.1) is 0 Å². The van der Waals surface area contributed by atoms with Crippen molar-refractivity contribution in [3.63, 3.8) is 0 Å². The molecule has 184 valence electrons. The van der Waals surface area contributed by atoms with E-state index in [9.17, 15) is 18.0 Å². The first-order valence-electron chi connectivity index (χ1n) is 10.7. The number of esters is 1. The maximum absolute atomic E-state index is 13.5. The Hall–Kier alpha value is -3.57. The second-order valence-electron chi connectivity index (χ2n) is 7.62. The van der Waals surface area contributed by atoms with Gasteiger partial charge in [0.2, 0.25) is 0 Å². The summed E-state index contributed by atoms with van der Waals surface area (Å²) in [5.74, 6) is -0.494. The molecular formula is C23H23ClN4O6S. The van der Waals surface area contributed by atoms with Crippen molar-refractivity contribution in [1.29, 1.82) is 0 Å². The number of amides is 1. The summed E-state index contributed by atoms with van der Waals surface area (Å²) < 4.78 is 39.7. The van der Waals surface area contributed by atoms with Crippen molar-refractivity contribution in [3.8, 4) is 5.75 Å². The number of benzene rings is 2. The summed E-state index contributed by atoms with van der Waals surface area (Å²) in [4.78, 5) is 24.4. The van der Waals surface area contributed by atoms with Gasteiger partial charge in [0.15, 0.2) is 5.82 Å². The average molecular weight is 519 g/mol. The number of hydrogen-bond donors (Lipinski definition) is 1. The lowest BCUT2D eigenvalue weighted by atomic mass is 10.1. The number of sulfonamides is 1. The summed E-state index contributed by atoms with van der Waals surface area (Å²) >= 11 is 6.05. The van der Waals surface area contributed by atoms with Gasteiger partial charge in [-0.05, 0) is 49.2 Å². The molecule has 0 saturated heterocycles. The van der Waals surface area contributed by atoms with E-state index in [2.05, 4.69) is 10.4 Å². The van der Waals surface area contributed by atoms with Crippen LogP contribution in [0.25, 0.3) is 0 Å². The normalized spacial score (nSPS) is 12.8. The number of aromatic nitrogens is 2. The summed E-state index contributed by atoms with van der Waals surface area (Å²) in [7, 11) is -2.61. The standard InChI is InChI=1S/C23H23ClN4O6S/c1-3-34-22(29)14-27-10-9-21(26-27)25-23(30)16-5-4-15-8-11-28(18(15)12-16)35(31,32)20-13-17(24)6-7-19(20)33-2/h4-7,9-10,12-13H,3,8,11,14H2,1-2H3,(H,25,26,30). The fraction of sp³-hybridized carbons (Fsp3) is 0.261. The Bertz CT molecular complexity index is 1390. The van der Waals surface area contributed by atoms with Crippen LogP contribution in [0, 0.1) is 0 Å². The minimum atomic E-state index is -4.00. The highest BCUT2D eigenvalue weighted by Gasteiger charge is 2.33. The molecule has 0 saturated carbocycles. The molecule has 1 amide bonds. The number of nitrogens with one attached hydrogen (secondary N) is 1. The molecule has 0 spiro atoms. The summed E-state index contributed by atoms with van der Waals surface area (Å²) in [5, 5.41) is 7.06. The molecule has 10 nitrogen and oxygen atoms in total. The van der Waals surface area contributed by atoms with Crippen LogP contribution in [0.3, 0.4) is 0 Å². The molecule has 1 aliphatic heterocycles. The smallest absolute Gasteiger partial charge is 0.327 e. The number of rotatable bonds is 8. The van der Waals surface area contributed by atoms with Gasteiger partial charge in [-0.25, -0.2) is 8.42 Å². The van der Waals surface area contributed by atoms with Crippen molar-refractivity contribution in [1.82, 2.24) is 9.78 Å². The lowest BCUT2D eigenvalue weighted by molar-refractivity contribution is -0.144. The molecule has 35 heavy (non-hydrogen) atoms. The Kier molecular flexibility index (Phi) is 6.99. The predicted octanol–water partition coefficient (Wildman–Crippen LogP) is 3.11. The van der Waals surface area contributed by atoms with Crippen molar-refractivity contribution in [3.05, 3.63) is 64.8 Å². The lowest BCUT2D eigenvalue weighted by Gasteiger charge is -2.21. The van der Waals surface area contributed by atoms with E-state index < -0.39 is 21.9 Å². The minimum Gasteiger partial charge on any atom is -0.495 e. The number of halogens is 1. The number of hydrogen-bond acceptors (Lipinski definition) is 7. The van der Waals surface area contributed by atoms with Gasteiger partial charge in [-0.1, -0.05) is 17.7 Å². The number of fused-ring (bicyclic) bond motifs is 1. The Morgan fingerprint density at radius 1 is 1.17 bits per heavy atom. The second-order valence-corrected chi connectivity index (χ2v) is 9.89. The monoisotopic (exact) mass is 518 g/mol. The van der Waals surface area contributed by atoms with Crippen LogP contribution >= 0.6 is 11.6 Å². The van der Waals surface area contributed by atoms with Crippen LogP contribution in [0.15, 0.2) is 53.6 Å². The molecule has 1 N–H and O–H groups in total. The van der Waals surface area contributed by atoms with Gasteiger partial charge < -0.3 is 14.8 Å². The van der Waals surface area contributed by atoms with E-state index >= 15 is 0 Å². The SMILES string of the molecule is CCOC(=O)Cn1ccc(NC(=O)c2ccc3c(c2)N(S(=O)(=O)c2cc(Cl)ccc2OC)CC3)n1. The molecule has 4 rings (SSSR count). The van der Waals surface area contributed by atoms with Crippen molar-refractivity contribution in [2.24, 2.45) is 0 Å². The minimum absolute atomic E-state index is 0.0534. The molecular weight excluding hydrogens is 496 g/mol. The topological polar surface area (TPSA) is 120 Å². The Morgan fingerprint density at radius 2 is 1.97 bits per heavy atom. The third kappa shape index (κ3) is 5.10. The second kappa shape index (κ2) is 9.96. The number of carbonyl (C=O) groups is 2. The first-order chi connectivity index (χ1) is 16.7. The van der Waals surface area contributed by atoms with Crippen LogP contribution in [-0.4, -0.2) is 50.3 Å². The first kappa shape index (κ1) is 24.6. The van der Waals surface area contributed by atoms with E-state index in [1.54, 1.807) is 37.4 Å². The fourth-order valence-electron chi connectivity index (χ4n) is 3.76. The van der Waals surface area contributed by atoms with Crippen LogP contribution in [0.2, 0.25) is 5.02 Å². The number of methoxy groups -OCH3 is 1. The van der Waals surface area contributed by atoms with Gasteiger partial charge >= 0.3 is 5.97 Å². The summed E-state index contributed by atoms with van der Waals surface area (Å²) in [6.45, 7) is 2.11. The molecule has 0 unspecified atom stereocenters. The first-order valence-corrected chi connectivity index (χ1v) is 12.5. The molecule has 2 aromatic carbocycles. The molecule has 2 heterocycles. The van der Waals surface area contributed by atoms with Gasteiger partial charge in [0.1, 0.15) is 17.2 Å². The summed E-state index contributed by atoms with van der Waals surface area (Å²) in [6.07, 6.45) is 2.04. The van der Waals surface area contributed by atoms with Gasteiger partial charge in [0.25, 0.3) is 15.9 Å². The van der Waals surface area contributed by atoms with Gasteiger partial charge in [-0.3, -0.25) is 18.6 Å². The number of carbonyl (C=O) groups excluding carboxylic acids is 2. The summed E-state index contributed by atoms with van der Waals surface area (Å²) in [5.41, 5.74) is 1.46. The largest absolute Gasteiger partial charge is 0.495 e. The maximum atomic E-state index is 13.5. The highest BCUT2D eigenvalue weighted by Crippen LogP contribution is 2.37. The van der Waals surface area contributed by atoms with Crippen LogP contribution < -0.4 is 14.4 Å². The van der Waals surface area contributed by atoms with Crippen LogP contribution in [0.4, 0.5) is 11.5 Å². The average Bonchev–Trinajstić information content (AvgIpc) is 3.45. The predicted molar refractivity (Wildman–Crippen MR) is 129 cm³/mol. The van der Waals surface area contributed by atoms with E-state index in [0.29, 0.717) is 12.1 Å². The molecule has 0 radical (unpaired) electrons. The Balaban J connectivity index is 1.56. The van der Waals surface area contributed by atoms with Gasteiger partial charge in [0, 0.05) is 29.4 Å². The van der Waals surface area contributed by atoms with E-state index in [1.807, 2.05) is 0 Å². The van der Waals surface area contributed by atoms with Crippen LogP contribution in [0.5, 0.6) is 5.75 Å². The number of nitrogens with zero attached hydrogens (tertiary/aromatic N) is 3. The molecule has 1 aliphatic rings. The fourth-order valence-corrected chi connectivity index (χ4v) is 5.67. The number of ether oxygens (including phenoxy) is 2. The molecule has 0 aliphatic carbocycles. The van der Waals surface area contributed by atoms with Crippen LogP contribution in [0.1, 0.15) is 22.8 Å². The van der Waals surface area contributed by atoms with E-state index in [1.165, 1.54) is 34.3 Å². The Morgan fingerprint density at radius 3 is 2.71 bits per heavy atom.